The number of benzene rings is 1. The van der Waals surface area contributed by atoms with Crippen molar-refractivity contribution >= 4 is 10.1 Å². The second-order valence-electron chi connectivity index (χ2n) is 3.59. The predicted molar refractivity (Wildman–Crippen MR) is 58.3 cm³/mol. The van der Waals surface area contributed by atoms with Crippen molar-refractivity contribution in [3.8, 4) is 0 Å². The van der Waals surface area contributed by atoms with E-state index in [9.17, 15) is 13.2 Å². The number of hydrogen-bond acceptors (Lipinski definition) is 2. The Hall–Kier alpha value is -1.08. The van der Waals surface area contributed by atoms with Crippen LogP contribution in [-0.2, 0) is 10.1 Å². The molecule has 0 saturated carbocycles. The highest BCUT2D eigenvalue weighted by molar-refractivity contribution is 7.86. The van der Waals surface area contributed by atoms with Gasteiger partial charge >= 0.3 is 15.6 Å². The molecule has 3 nitrogen and oxygen atoms in total. The van der Waals surface area contributed by atoms with Crippen molar-refractivity contribution in [2.24, 2.45) is 0 Å². The van der Waals surface area contributed by atoms with Gasteiger partial charge in [0.05, 0.1) is 0 Å². The third-order valence-electron chi connectivity index (χ3n) is 1.66. The van der Waals surface area contributed by atoms with E-state index in [2.05, 4.69) is 39.0 Å². The lowest BCUT2D eigenvalue weighted by molar-refractivity contribution is -0.0510. The van der Waals surface area contributed by atoms with Crippen LogP contribution < -0.4 is 0 Å². The molecule has 0 spiro atoms. The van der Waals surface area contributed by atoms with Crippen molar-refractivity contribution in [2.45, 2.75) is 26.3 Å². The molecule has 0 heterocycles. The Morgan fingerprint density at radius 2 is 1.12 bits per heavy atom. The van der Waals surface area contributed by atoms with Crippen molar-refractivity contribution in [2.75, 3.05) is 0 Å². The summed E-state index contributed by atoms with van der Waals surface area (Å²) in [6.45, 7) is 6.38. The zero-order valence-corrected chi connectivity index (χ0v) is 10.4. The highest BCUT2D eigenvalue weighted by Crippen LogP contribution is 2.20. The van der Waals surface area contributed by atoms with E-state index in [1.165, 1.54) is 16.7 Å². The zero-order chi connectivity index (χ0) is 13.9. The smallest absolute Gasteiger partial charge is 0.279 e. The molecule has 0 aliphatic carbocycles. The predicted octanol–water partition coefficient (Wildman–Crippen LogP) is 3.01. The van der Waals surface area contributed by atoms with E-state index in [1.807, 2.05) is 0 Å². The van der Waals surface area contributed by atoms with Crippen LogP contribution in [0.25, 0.3) is 0 Å². The maximum atomic E-state index is 10.7. The maximum Gasteiger partial charge on any atom is 0.522 e. The van der Waals surface area contributed by atoms with Crippen LogP contribution in [-0.4, -0.2) is 18.5 Å². The Kier molecular flexibility index (Phi) is 5.15. The first-order valence-corrected chi connectivity index (χ1v) is 5.96. The lowest BCUT2D eigenvalue weighted by Crippen LogP contribution is -2.21. The fourth-order valence-electron chi connectivity index (χ4n) is 1.20. The summed E-state index contributed by atoms with van der Waals surface area (Å²) in [5, 5.41) is 0. The molecule has 0 unspecified atom stereocenters. The average Bonchev–Trinajstić information content (AvgIpc) is 1.96. The molecule has 1 N–H and O–H groups in total. The lowest BCUT2D eigenvalue weighted by Gasteiger charge is -1.97. The molecule has 1 aromatic rings. The normalized spacial score (nSPS) is 11.7. The monoisotopic (exact) mass is 270 g/mol. The van der Waals surface area contributed by atoms with Gasteiger partial charge in [0.15, 0.2) is 0 Å². The topological polar surface area (TPSA) is 54.4 Å². The third kappa shape index (κ3) is 6.28. The molecule has 0 aliphatic heterocycles. The molecule has 98 valence electrons. The standard InChI is InChI=1S/C9H12.CHF3O3S/c1-7-4-8(2)6-9(3)5-7;2-1(3,4)8(5,6)7/h4-6H,1-3H3;(H,5,6,7). The van der Waals surface area contributed by atoms with Gasteiger partial charge in [-0.1, -0.05) is 34.9 Å². The summed E-state index contributed by atoms with van der Waals surface area (Å²) in [7, 11) is -5.84. The van der Waals surface area contributed by atoms with Gasteiger partial charge in [0, 0.05) is 0 Å². The first-order valence-electron chi connectivity index (χ1n) is 4.52. The highest BCUT2D eigenvalue weighted by Gasteiger charge is 2.44. The van der Waals surface area contributed by atoms with Crippen molar-refractivity contribution < 1.29 is 26.1 Å². The number of halogens is 3. The minimum atomic E-state index is -5.84. The Labute approximate surface area is 98.0 Å². The molecule has 0 aliphatic rings. The van der Waals surface area contributed by atoms with Gasteiger partial charge in [-0.15, -0.1) is 0 Å². The van der Waals surface area contributed by atoms with Crippen LogP contribution in [0.3, 0.4) is 0 Å². The summed E-state index contributed by atoms with van der Waals surface area (Å²) in [6.07, 6.45) is 0. The number of aryl methyl sites for hydroxylation is 3. The van der Waals surface area contributed by atoms with E-state index in [-0.39, 0.29) is 0 Å². The first kappa shape index (κ1) is 15.9. The molecule has 0 atom stereocenters. The molecular weight excluding hydrogens is 257 g/mol. The minimum absolute atomic E-state index is 1.35. The minimum Gasteiger partial charge on any atom is -0.279 e. The van der Waals surface area contributed by atoms with Gasteiger partial charge in [0.1, 0.15) is 0 Å². The first-order chi connectivity index (χ1) is 7.43. The summed E-state index contributed by atoms with van der Waals surface area (Å²) in [5.41, 5.74) is -1.47. The second kappa shape index (κ2) is 5.50. The van der Waals surface area contributed by atoms with E-state index in [1.54, 1.807) is 0 Å². The Balaban J connectivity index is 0.000000304. The third-order valence-corrected chi connectivity index (χ3v) is 2.24. The van der Waals surface area contributed by atoms with Gasteiger partial charge in [0.25, 0.3) is 0 Å². The quantitative estimate of drug-likeness (QED) is 0.582. The van der Waals surface area contributed by atoms with Crippen molar-refractivity contribution in [1.29, 1.82) is 0 Å². The highest BCUT2D eigenvalue weighted by atomic mass is 32.2. The summed E-state index contributed by atoms with van der Waals surface area (Å²) in [6, 6.07) is 6.56. The van der Waals surface area contributed by atoms with Crippen LogP contribution in [0.1, 0.15) is 16.7 Å². The summed E-state index contributed by atoms with van der Waals surface area (Å²) in [5.74, 6) is 0. The van der Waals surface area contributed by atoms with Crippen LogP contribution in [0.2, 0.25) is 0 Å². The molecule has 0 bridgehead atoms. The fraction of sp³-hybridized carbons (Fsp3) is 0.400. The van der Waals surface area contributed by atoms with E-state index in [0.717, 1.165) is 0 Å². The van der Waals surface area contributed by atoms with Crippen LogP contribution in [0, 0.1) is 20.8 Å². The zero-order valence-electron chi connectivity index (χ0n) is 9.54. The molecule has 1 aromatic carbocycles. The largest absolute Gasteiger partial charge is 0.522 e. The number of hydrogen-bond donors (Lipinski definition) is 1. The van der Waals surface area contributed by atoms with Gasteiger partial charge in [-0.25, -0.2) is 0 Å². The molecule has 1 rings (SSSR count). The molecule has 0 fully saturated rings. The van der Waals surface area contributed by atoms with E-state index in [0.29, 0.717) is 0 Å². The van der Waals surface area contributed by atoms with Gasteiger partial charge in [-0.3, -0.25) is 4.55 Å². The van der Waals surface area contributed by atoms with E-state index in [4.69, 9.17) is 13.0 Å². The molecule has 0 saturated heterocycles. The lowest BCUT2D eigenvalue weighted by atomic mass is 10.1. The van der Waals surface area contributed by atoms with Gasteiger partial charge < -0.3 is 0 Å². The van der Waals surface area contributed by atoms with Crippen molar-refractivity contribution in [3.05, 3.63) is 34.9 Å². The van der Waals surface area contributed by atoms with Crippen LogP contribution in [0.4, 0.5) is 13.2 Å². The van der Waals surface area contributed by atoms with Crippen molar-refractivity contribution in [3.63, 3.8) is 0 Å². The Bertz CT molecular complexity index is 428. The SMILES string of the molecule is Cc1cc(C)cc(C)c1.O=S(=O)(O)C(F)(F)F. The molecule has 0 amide bonds. The molecule has 7 heteroatoms. The van der Waals surface area contributed by atoms with E-state index >= 15 is 0 Å². The number of alkyl halides is 3. The molecule has 0 radical (unpaired) electrons. The van der Waals surface area contributed by atoms with Crippen LogP contribution in [0.5, 0.6) is 0 Å². The summed E-state index contributed by atoms with van der Waals surface area (Å²) < 4.78 is 57.5. The Morgan fingerprint density at radius 1 is 0.941 bits per heavy atom. The summed E-state index contributed by atoms with van der Waals surface area (Å²) in [4.78, 5) is 0. The Morgan fingerprint density at radius 3 is 1.24 bits per heavy atom. The van der Waals surface area contributed by atoms with Gasteiger partial charge in [0.2, 0.25) is 0 Å². The maximum absolute atomic E-state index is 10.7. The van der Waals surface area contributed by atoms with Crippen LogP contribution in [0.15, 0.2) is 18.2 Å². The van der Waals surface area contributed by atoms with Crippen molar-refractivity contribution in [1.82, 2.24) is 0 Å². The van der Waals surface area contributed by atoms with E-state index < -0.39 is 15.6 Å². The second-order valence-corrected chi connectivity index (χ2v) is 5.00. The molecule has 0 aromatic heterocycles. The van der Waals surface area contributed by atoms with Crippen LogP contribution >= 0.6 is 0 Å². The summed E-state index contributed by atoms with van der Waals surface area (Å²) >= 11 is 0. The van der Waals surface area contributed by atoms with Gasteiger partial charge in [-0.05, 0) is 20.8 Å². The fourth-order valence-corrected chi connectivity index (χ4v) is 1.20. The average molecular weight is 270 g/mol. The molecule has 17 heavy (non-hydrogen) atoms. The number of rotatable bonds is 0. The molecular formula is C10H13F3O3S. The van der Waals surface area contributed by atoms with Gasteiger partial charge in [-0.2, -0.15) is 21.6 Å².